The molecule has 0 radical (unpaired) electrons. The van der Waals surface area contributed by atoms with Crippen LogP contribution in [0.2, 0.25) is 0 Å². The average molecular weight is 267 g/mol. The summed E-state index contributed by atoms with van der Waals surface area (Å²) in [5.74, 6) is 0. The van der Waals surface area contributed by atoms with Crippen LogP contribution in [0.5, 0.6) is 0 Å². The molecule has 0 bridgehead atoms. The molecule has 1 atom stereocenters. The van der Waals surface area contributed by atoms with Gasteiger partial charge in [0.1, 0.15) is 0 Å². The van der Waals surface area contributed by atoms with Gasteiger partial charge in [-0.25, -0.2) is 4.98 Å². The van der Waals surface area contributed by atoms with Gasteiger partial charge in [0.2, 0.25) is 0 Å². The van der Waals surface area contributed by atoms with Crippen molar-refractivity contribution < 1.29 is 0 Å². The standard InChI is InChI=1S/C14H25N3S/c1-12(18-3)4-9-17-11-16-10-13(17)14(2)5-7-15-8-6-14/h10-12,15H,4-9H2,1-3H3. The summed E-state index contributed by atoms with van der Waals surface area (Å²) in [6.45, 7) is 8.04. The Morgan fingerprint density at radius 2 is 2.22 bits per heavy atom. The van der Waals surface area contributed by atoms with E-state index in [4.69, 9.17) is 0 Å². The van der Waals surface area contributed by atoms with E-state index < -0.39 is 0 Å². The number of nitrogens with zero attached hydrogens (tertiary/aromatic N) is 2. The minimum Gasteiger partial charge on any atom is -0.334 e. The zero-order valence-electron chi connectivity index (χ0n) is 11.8. The summed E-state index contributed by atoms with van der Waals surface area (Å²) in [7, 11) is 0. The number of hydrogen-bond donors (Lipinski definition) is 1. The van der Waals surface area contributed by atoms with Gasteiger partial charge in [-0.15, -0.1) is 0 Å². The van der Waals surface area contributed by atoms with E-state index >= 15 is 0 Å². The first-order valence-corrected chi connectivity index (χ1v) is 8.18. The van der Waals surface area contributed by atoms with Crippen LogP contribution in [0, 0.1) is 0 Å². The molecule has 1 aromatic rings. The van der Waals surface area contributed by atoms with Crippen molar-refractivity contribution in [2.75, 3.05) is 19.3 Å². The van der Waals surface area contributed by atoms with Crippen LogP contribution in [0.1, 0.15) is 38.8 Å². The summed E-state index contributed by atoms with van der Waals surface area (Å²) < 4.78 is 2.37. The first-order valence-electron chi connectivity index (χ1n) is 6.90. The van der Waals surface area contributed by atoms with Gasteiger partial charge < -0.3 is 9.88 Å². The minimum atomic E-state index is 0.310. The topological polar surface area (TPSA) is 29.9 Å². The smallest absolute Gasteiger partial charge is 0.0948 e. The van der Waals surface area contributed by atoms with Gasteiger partial charge >= 0.3 is 0 Å². The fraction of sp³-hybridized carbons (Fsp3) is 0.786. The Balaban J connectivity index is 2.06. The molecular weight excluding hydrogens is 242 g/mol. The summed E-state index contributed by atoms with van der Waals surface area (Å²) in [5.41, 5.74) is 1.74. The molecule has 4 heteroatoms. The van der Waals surface area contributed by atoms with Gasteiger partial charge in [-0.05, 0) is 38.6 Å². The maximum absolute atomic E-state index is 4.38. The third-order valence-corrected chi connectivity index (χ3v) is 5.26. The molecule has 3 nitrogen and oxygen atoms in total. The van der Waals surface area contributed by atoms with Crippen LogP contribution in [0.25, 0.3) is 0 Å². The Morgan fingerprint density at radius 3 is 2.89 bits per heavy atom. The van der Waals surface area contributed by atoms with Gasteiger partial charge in [0.15, 0.2) is 0 Å². The first kappa shape index (κ1) is 13.9. The fourth-order valence-electron chi connectivity index (χ4n) is 2.67. The number of hydrogen-bond acceptors (Lipinski definition) is 3. The van der Waals surface area contributed by atoms with Crippen LogP contribution >= 0.6 is 11.8 Å². The van der Waals surface area contributed by atoms with E-state index in [1.54, 1.807) is 0 Å². The van der Waals surface area contributed by atoms with Crippen LogP contribution in [-0.4, -0.2) is 34.1 Å². The molecular formula is C14H25N3S. The molecule has 1 aliphatic rings. The third-order valence-electron chi connectivity index (χ3n) is 4.22. The largest absolute Gasteiger partial charge is 0.334 e. The summed E-state index contributed by atoms with van der Waals surface area (Å²) >= 11 is 1.94. The van der Waals surface area contributed by atoms with Crippen molar-refractivity contribution in [2.45, 2.75) is 50.3 Å². The van der Waals surface area contributed by atoms with E-state index in [0.29, 0.717) is 5.41 Å². The molecule has 0 saturated carbocycles. The van der Waals surface area contributed by atoms with Gasteiger partial charge in [0, 0.05) is 29.1 Å². The van der Waals surface area contributed by atoms with E-state index in [-0.39, 0.29) is 0 Å². The lowest BCUT2D eigenvalue weighted by Gasteiger charge is -2.34. The molecule has 1 N–H and O–H groups in total. The van der Waals surface area contributed by atoms with Crippen LogP contribution in [-0.2, 0) is 12.0 Å². The second-order valence-corrected chi connectivity index (χ2v) is 6.89. The van der Waals surface area contributed by atoms with Gasteiger partial charge in [0.05, 0.1) is 6.33 Å². The monoisotopic (exact) mass is 267 g/mol. The molecule has 2 rings (SSSR count). The van der Waals surface area contributed by atoms with Gasteiger partial charge in [0.25, 0.3) is 0 Å². The number of aryl methyl sites for hydroxylation is 1. The SMILES string of the molecule is CSC(C)CCn1cncc1C1(C)CCNCC1. The highest BCUT2D eigenvalue weighted by atomic mass is 32.2. The number of nitrogens with one attached hydrogen (secondary N) is 1. The average Bonchev–Trinajstić information content (AvgIpc) is 2.86. The predicted molar refractivity (Wildman–Crippen MR) is 79.3 cm³/mol. The molecule has 0 aliphatic carbocycles. The Bertz CT molecular complexity index is 369. The van der Waals surface area contributed by atoms with Gasteiger partial charge in [-0.2, -0.15) is 11.8 Å². The van der Waals surface area contributed by atoms with E-state index in [2.05, 4.69) is 41.2 Å². The number of thioether (sulfide) groups is 1. The summed E-state index contributed by atoms with van der Waals surface area (Å²) in [4.78, 5) is 4.38. The van der Waals surface area contributed by atoms with Crippen molar-refractivity contribution in [3.05, 3.63) is 18.2 Å². The van der Waals surface area contributed by atoms with E-state index in [1.165, 1.54) is 25.0 Å². The summed E-state index contributed by atoms with van der Waals surface area (Å²) in [6.07, 6.45) is 9.94. The number of imidazole rings is 1. The van der Waals surface area contributed by atoms with Crippen molar-refractivity contribution in [2.24, 2.45) is 0 Å². The molecule has 0 amide bonds. The summed E-state index contributed by atoms with van der Waals surface area (Å²) in [5, 5.41) is 4.17. The second-order valence-electron chi connectivity index (χ2n) is 5.62. The Hall–Kier alpha value is -0.480. The zero-order valence-corrected chi connectivity index (χ0v) is 12.6. The number of piperidine rings is 1. The van der Waals surface area contributed by atoms with Crippen molar-refractivity contribution in [1.82, 2.24) is 14.9 Å². The molecule has 2 heterocycles. The highest BCUT2D eigenvalue weighted by Gasteiger charge is 2.31. The maximum Gasteiger partial charge on any atom is 0.0948 e. The third kappa shape index (κ3) is 3.09. The van der Waals surface area contributed by atoms with E-state index in [1.807, 2.05) is 18.1 Å². The lowest BCUT2D eigenvalue weighted by Crippen LogP contribution is -2.39. The quantitative estimate of drug-likeness (QED) is 0.889. The van der Waals surface area contributed by atoms with Crippen molar-refractivity contribution in [3.8, 4) is 0 Å². The highest BCUT2D eigenvalue weighted by Crippen LogP contribution is 2.32. The molecule has 18 heavy (non-hydrogen) atoms. The Labute approximate surface area is 115 Å². The number of aromatic nitrogens is 2. The molecule has 1 fully saturated rings. The molecule has 102 valence electrons. The second kappa shape index (κ2) is 6.11. The number of rotatable bonds is 5. The Kier molecular flexibility index (Phi) is 4.73. The van der Waals surface area contributed by atoms with Gasteiger partial charge in [-0.1, -0.05) is 13.8 Å². The van der Waals surface area contributed by atoms with Crippen LogP contribution in [0.15, 0.2) is 12.5 Å². The highest BCUT2D eigenvalue weighted by molar-refractivity contribution is 7.99. The van der Waals surface area contributed by atoms with E-state index in [9.17, 15) is 0 Å². The van der Waals surface area contributed by atoms with Crippen LogP contribution in [0.3, 0.4) is 0 Å². The van der Waals surface area contributed by atoms with Gasteiger partial charge in [-0.3, -0.25) is 0 Å². The fourth-order valence-corrected chi connectivity index (χ4v) is 3.02. The lowest BCUT2D eigenvalue weighted by atomic mass is 9.78. The molecule has 1 saturated heterocycles. The Morgan fingerprint density at radius 1 is 1.50 bits per heavy atom. The normalized spacial score (nSPS) is 20.8. The molecule has 1 aromatic heterocycles. The maximum atomic E-state index is 4.38. The first-order chi connectivity index (χ1) is 8.65. The zero-order chi connectivity index (χ0) is 13.0. The van der Waals surface area contributed by atoms with Crippen LogP contribution < -0.4 is 5.32 Å². The molecule has 0 aromatic carbocycles. The lowest BCUT2D eigenvalue weighted by molar-refractivity contribution is 0.316. The molecule has 1 unspecified atom stereocenters. The van der Waals surface area contributed by atoms with Crippen molar-refractivity contribution >= 4 is 11.8 Å². The van der Waals surface area contributed by atoms with Crippen LogP contribution in [0.4, 0.5) is 0 Å². The van der Waals surface area contributed by atoms with Crippen molar-refractivity contribution in [1.29, 1.82) is 0 Å². The van der Waals surface area contributed by atoms with Crippen molar-refractivity contribution in [3.63, 3.8) is 0 Å². The summed E-state index contributed by atoms with van der Waals surface area (Å²) in [6, 6.07) is 0. The predicted octanol–water partition coefficient (Wildman–Crippen LogP) is 2.67. The minimum absolute atomic E-state index is 0.310. The molecule has 1 aliphatic heterocycles. The van der Waals surface area contributed by atoms with E-state index in [0.717, 1.165) is 24.9 Å². The molecule has 0 spiro atoms.